The Balaban J connectivity index is 1.52. The van der Waals surface area contributed by atoms with Gasteiger partial charge in [0, 0.05) is 29.2 Å². The minimum absolute atomic E-state index is 0.615. The zero-order chi connectivity index (χ0) is 16.6. The van der Waals surface area contributed by atoms with Crippen LogP contribution in [0.4, 0.5) is 0 Å². The molecule has 0 atom stereocenters. The van der Waals surface area contributed by atoms with Crippen LogP contribution in [-0.4, -0.2) is 25.2 Å². The largest absolute Gasteiger partial charge is 0.343 e. The number of benzene rings is 3. The van der Waals surface area contributed by atoms with Crippen LogP contribution in [0, 0.1) is 0 Å². The van der Waals surface area contributed by atoms with E-state index < -0.39 is 0 Å². The van der Waals surface area contributed by atoms with Crippen molar-refractivity contribution in [2.75, 3.05) is 0 Å². The van der Waals surface area contributed by atoms with E-state index in [4.69, 9.17) is 0 Å². The van der Waals surface area contributed by atoms with Gasteiger partial charge < -0.3 is 4.57 Å². The lowest BCUT2D eigenvalue weighted by atomic mass is 10.1. The molecule has 2 heterocycles. The molecule has 5 heteroatoms. The Labute approximate surface area is 143 Å². The molecule has 3 aromatic carbocycles. The third-order valence-corrected chi connectivity index (χ3v) is 4.54. The van der Waals surface area contributed by atoms with E-state index in [-0.39, 0.29) is 0 Å². The van der Waals surface area contributed by atoms with Crippen LogP contribution in [0.1, 0.15) is 5.56 Å². The first-order chi connectivity index (χ1) is 12.4. The van der Waals surface area contributed by atoms with Gasteiger partial charge in [0.1, 0.15) is 0 Å². The van der Waals surface area contributed by atoms with Gasteiger partial charge in [-0.15, -0.1) is 10.2 Å². The number of hydrogen-bond acceptors (Lipinski definition) is 3. The summed E-state index contributed by atoms with van der Waals surface area (Å²) in [5.41, 5.74) is 3.45. The summed E-state index contributed by atoms with van der Waals surface area (Å²) in [7, 11) is 0. The fourth-order valence-electron chi connectivity index (χ4n) is 3.30. The zero-order valence-corrected chi connectivity index (χ0v) is 13.4. The molecule has 1 N–H and O–H groups in total. The smallest absolute Gasteiger partial charge is 0.204 e. The average molecular weight is 325 g/mol. The second kappa shape index (κ2) is 5.56. The van der Waals surface area contributed by atoms with Crippen molar-refractivity contribution in [2.24, 2.45) is 0 Å². The van der Waals surface area contributed by atoms with Crippen molar-refractivity contribution in [1.29, 1.82) is 0 Å². The fraction of sp³-hybridized carbons (Fsp3) is 0.0500. The molecule has 0 aliphatic carbocycles. The molecule has 5 aromatic rings. The highest BCUT2D eigenvalue weighted by Gasteiger charge is 2.07. The maximum Gasteiger partial charge on any atom is 0.204 e. The maximum atomic E-state index is 4.04. The standard InChI is InChI=1S/C20H15N5/c1-2-4-16-11-14(5-6-15(16)3-1)13-25-10-9-17-12-18(7-8-19(17)25)20-21-23-24-22-20/h1-12H,13H2,(H,21,22,23,24). The van der Waals surface area contributed by atoms with Crippen molar-refractivity contribution in [3.8, 4) is 11.4 Å². The van der Waals surface area contributed by atoms with Gasteiger partial charge in [0.25, 0.3) is 0 Å². The van der Waals surface area contributed by atoms with E-state index in [0.29, 0.717) is 5.82 Å². The lowest BCUT2D eigenvalue weighted by Gasteiger charge is -2.07. The molecule has 0 fully saturated rings. The first-order valence-corrected chi connectivity index (χ1v) is 8.17. The van der Waals surface area contributed by atoms with Crippen LogP contribution in [0.3, 0.4) is 0 Å². The number of tetrazole rings is 1. The third-order valence-electron chi connectivity index (χ3n) is 4.54. The highest BCUT2D eigenvalue weighted by molar-refractivity contribution is 5.85. The van der Waals surface area contributed by atoms with Crippen molar-refractivity contribution in [3.05, 3.63) is 78.5 Å². The quantitative estimate of drug-likeness (QED) is 0.545. The highest BCUT2D eigenvalue weighted by Crippen LogP contribution is 2.24. The number of rotatable bonds is 3. The van der Waals surface area contributed by atoms with E-state index in [0.717, 1.165) is 12.1 Å². The van der Waals surface area contributed by atoms with Gasteiger partial charge in [-0.2, -0.15) is 5.21 Å². The lowest BCUT2D eigenvalue weighted by molar-refractivity contribution is 0.838. The molecule has 0 radical (unpaired) electrons. The minimum atomic E-state index is 0.615. The van der Waals surface area contributed by atoms with E-state index >= 15 is 0 Å². The lowest BCUT2D eigenvalue weighted by Crippen LogP contribution is -1.97. The van der Waals surface area contributed by atoms with E-state index in [1.54, 1.807) is 0 Å². The minimum Gasteiger partial charge on any atom is -0.343 e. The Morgan fingerprint density at radius 2 is 1.76 bits per heavy atom. The van der Waals surface area contributed by atoms with E-state index in [2.05, 4.69) is 92.1 Å². The Morgan fingerprint density at radius 1 is 0.840 bits per heavy atom. The van der Waals surface area contributed by atoms with Crippen molar-refractivity contribution < 1.29 is 0 Å². The number of H-pyrrole nitrogens is 1. The van der Waals surface area contributed by atoms with Crippen LogP contribution >= 0.6 is 0 Å². The molecule has 5 nitrogen and oxygen atoms in total. The summed E-state index contributed by atoms with van der Waals surface area (Å²) in [6, 6.07) is 23.5. The summed E-state index contributed by atoms with van der Waals surface area (Å²) in [6.07, 6.45) is 2.12. The van der Waals surface area contributed by atoms with Crippen LogP contribution in [0.5, 0.6) is 0 Å². The van der Waals surface area contributed by atoms with E-state index in [9.17, 15) is 0 Å². The van der Waals surface area contributed by atoms with Gasteiger partial charge in [-0.1, -0.05) is 36.4 Å². The van der Waals surface area contributed by atoms with Crippen LogP contribution in [0.25, 0.3) is 33.1 Å². The Hall–Kier alpha value is -3.47. The summed E-state index contributed by atoms with van der Waals surface area (Å²) in [5.74, 6) is 0.615. The molecule has 0 saturated carbocycles. The highest BCUT2D eigenvalue weighted by atomic mass is 15.5. The molecule has 120 valence electrons. The molecule has 25 heavy (non-hydrogen) atoms. The Bertz CT molecular complexity index is 1170. The monoisotopic (exact) mass is 325 g/mol. The first-order valence-electron chi connectivity index (χ1n) is 8.17. The molecule has 5 rings (SSSR count). The van der Waals surface area contributed by atoms with Crippen molar-refractivity contribution in [2.45, 2.75) is 6.54 Å². The number of nitrogens with one attached hydrogen (secondary N) is 1. The van der Waals surface area contributed by atoms with Gasteiger partial charge in [0.2, 0.25) is 5.82 Å². The number of aromatic amines is 1. The average Bonchev–Trinajstić information content (AvgIpc) is 3.32. The zero-order valence-electron chi connectivity index (χ0n) is 13.4. The second-order valence-corrected chi connectivity index (χ2v) is 6.13. The maximum absolute atomic E-state index is 4.04. The van der Waals surface area contributed by atoms with Crippen molar-refractivity contribution >= 4 is 21.7 Å². The van der Waals surface area contributed by atoms with Gasteiger partial charge in [0.15, 0.2) is 0 Å². The number of fused-ring (bicyclic) bond motifs is 2. The van der Waals surface area contributed by atoms with Crippen LogP contribution < -0.4 is 0 Å². The SMILES string of the molecule is c1ccc2cc(Cn3ccc4cc(-c5nn[nH]n5)ccc43)ccc2c1. The number of aromatic nitrogens is 5. The van der Waals surface area contributed by atoms with Gasteiger partial charge in [0.05, 0.1) is 0 Å². The molecule has 0 bridgehead atoms. The molecule has 0 saturated heterocycles. The van der Waals surface area contributed by atoms with Gasteiger partial charge >= 0.3 is 0 Å². The third kappa shape index (κ3) is 2.46. The molecule has 0 aliphatic rings. The summed E-state index contributed by atoms with van der Waals surface area (Å²) in [4.78, 5) is 0. The molecule has 0 amide bonds. The summed E-state index contributed by atoms with van der Waals surface area (Å²) >= 11 is 0. The summed E-state index contributed by atoms with van der Waals surface area (Å²) < 4.78 is 2.26. The number of nitrogens with zero attached hydrogens (tertiary/aromatic N) is 4. The normalized spacial score (nSPS) is 11.4. The van der Waals surface area contributed by atoms with E-state index in [1.807, 2.05) is 6.07 Å². The molecular formula is C20H15N5. The molecule has 0 unspecified atom stereocenters. The molecular weight excluding hydrogens is 310 g/mol. The van der Waals surface area contributed by atoms with Gasteiger partial charge in [-0.25, -0.2) is 0 Å². The van der Waals surface area contributed by atoms with E-state index in [1.165, 1.54) is 27.2 Å². The molecule has 0 spiro atoms. The van der Waals surface area contributed by atoms with Crippen molar-refractivity contribution in [3.63, 3.8) is 0 Å². The fourth-order valence-corrected chi connectivity index (χ4v) is 3.30. The summed E-state index contributed by atoms with van der Waals surface area (Å²) in [6.45, 7) is 0.843. The van der Waals surface area contributed by atoms with Gasteiger partial charge in [-0.05, 0) is 51.9 Å². The molecule has 0 aliphatic heterocycles. The Morgan fingerprint density at radius 3 is 2.64 bits per heavy atom. The first kappa shape index (κ1) is 13.9. The molecule has 2 aromatic heterocycles. The second-order valence-electron chi connectivity index (χ2n) is 6.13. The summed E-state index contributed by atoms with van der Waals surface area (Å²) in [5, 5.41) is 17.9. The predicted molar refractivity (Wildman–Crippen MR) is 98.2 cm³/mol. The van der Waals surface area contributed by atoms with Crippen molar-refractivity contribution in [1.82, 2.24) is 25.2 Å². The van der Waals surface area contributed by atoms with Crippen LogP contribution in [0.15, 0.2) is 72.9 Å². The van der Waals surface area contributed by atoms with Crippen LogP contribution in [0.2, 0.25) is 0 Å². The number of hydrogen-bond donors (Lipinski definition) is 1. The Kier molecular flexibility index (Phi) is 3.10. The van der Waals surface area contributed by atoms with Crippen LogP contribution in [-0.2, 0) is 6.54 Å². The topological polar surface area (TPSA) is 59.4 Å². The predicted octanol–water partition coefficient (Wildman–Crippen LogP) is 4.02. The van der Waals surface area contributed by atoms with Gasteiger partial charge in [-0.3, -0.25) is 0 Å².